The van der Waals surface area contributed by atoms with Crippen molar-refractivity contribution in [1.29, 1.82) is 0 Å². The molecule has 0 aliphatic heterocycles. The Kier molecular flexibility index (Phi) is 8.53. The highest BCUT2D eigenvalue weighted by molar-refractivity contribution is 6.15. The van der Waals surface area contributed by atoms with Crippen molar-refractivity contribution in [2.45, 2.75) is 0 Å². The van der Waals surface area contributed by atoms with E-state index in [1.54, 1.807) is 0 Å². The Labute approximate surface area is 360 Å². The Morgan fingerprint density at radius 3 is 1.26 bits per heavy atom. The average molecular weight is 790 g/mol. The fraction of sp³-hybridized carbons (Fsp3) is 0. The van der Waals surface area contributed by atoms with Gasteiger partial charge in [-0.15, -0.1) is 0 Å². The lowest BCUT2D eigenvalue weighted by Crippen LogP contribution is -1.99. The van der Waals surface area contributed by atoms with Gasteiger partial charge in [0.15, 0.2) is 0 Å². The molecule has 2 aromatic heterocycles. The van der Waals surface area contributed by atoms with E-state index in [1.807, 2.05) is 6.07 Å². The molecule has 0 aliphatic rings. The number of para-hydroxylation sites is 2. The molecule has 12 rings (SSSR count). The van der Waals surface area contributed by atoms with E-state index in [9.17, 15) is 0 Å². The van der Waals surface area contributed by atoms with Crippen LogP contribution in [0.25, 0.3) is 116 Å². The maximum atomic E-state index is 6.79. The van der Waals surface area contributed by atoms with Crippen molar-refractivity contribution in [1.82, 2.24) is 4.57 Å². The third-order valence-electron chi connectivity index (χ3n) is 12.5. The van der Waals surface area contributed by atoms with Gasteiger partial charge >= 0.3 is 0 Å². The minimum Gasteiger partial charge on any atom is -0.455 e. The highest BCUT2D eigenvalue weighted by Gasteiger charge is 2.23. The second-order valence-electron chi connectivity index (χ2n) is 16.0. The summed E-state index contributed by atoms with van der Waals surface area (Å²) in [4.78, 5) is 0. The molecule has 12 aromatic rings. The molecule has 2 heterocycles. The second kappa shape index (κ2) is 14.8. The van der Waals surface area contributed by atoms with E-state index in [-0.39, 0.29) is 0 Å². The Morgan fingerprint density at radius 1 is 0.274 bits per heavy atom. The second-order valence-corrected chi connectivity index (χ2v) is 16.0. The van der Waals surface area contributed by atoms with Crippen molar-refractivity contribution < 1.29 is 4.42 Å². The van der Waals surface area contributed by atoms with Gasteiger partial charge in [0.2, 0.25) is 0 Å². The molecular formula is C60H39NO. The zero-order chi connectivity index (χ0) is 41.0. The number of hydrogen-bond acceptors (Lipinski definition) is 1. The molecule has 2 heteroatoms. The van der Waals surface area contributed by atoms with Gasteiger partial charge in [-0.2, -0.15) is 0 Å². The first-order valence-corrected chi connectivity index (χ1v) is 21.3. The molecule has 10 aromatic carbocycles. The molecule has 0 N–H and O–H groups in total. The van der Waals surface area contributed by atoms with Crippen molar-refractivity contribution in [3.8, 4) is 72.4 Å². The number of rotatable bonds is 7. The standard InChI is InChI=1S/C60H39NO/c1-4-18-40(19-5-1)45-24-10-12-26-47(45)43-34-36-55-53(38-43)54-39-44(48-27-13-11-25-46(48)41-20-6-2-7-21-41)35-37-56(54)61(55)57-32-17-29-49(42-22-8-3-9-23-42)59(57)52-31-16-30-51-50-28-14-15-33-58(50)62-60(51)52/h1-39H. The lowest BCUT2D eigenvalue weighted by atomic mass is 9.91. The molecule has 0 radical (unpaired) electrons. The Morgan fingerprint density at radius 2 is 0.694 bits per heavy atom. The molecule has 290 valence electrons. The molecule has 0 amide bonds. The predicted octanol–water partition coefficient (Wildman–Crippen LogP) is 16.7. The first kappa shape index (κ1) is 35.7. The molecule has 0 atom stereocenters. The lowest BCUT2D eigenvalue weighted by Gasteiger charge is -2.19. The van der Waals surface area contributed by atoms with Gasteiger partial charge in [-0.1, -0.05) is 200 Å². The van der Waals surface area contributed by atoms with Gasteiger partial charge in [-0.05, 0) is 92.0 Å². The fourth-order valence-electron chi connectivity index (χ4n) is 9.64. The van der Waals surface area contributed by atoms with Crippen molar-refractivity contribution >= 4 is 43.7 Å². The van der Waals surface area contributed by atoms with Gasteiger partial charge in [-0.3, -0.25) is 0 Å². The molecule has 0 aliphatic carbocycles. The third-order valence-corrected chi connectivity index (χ3v) is 12.5. The van der Waals surface area contributed by atoms with Gasteiger partial charge < -0.3 is 8.98 Å². The molecule has 0 saturated heterocycles. The van der Waals surface area contributed by atoms with Crippen LogP contribution in [-0.2, 0) is 0 Å². The van der Waals surface area contributed by atoms with Crippen LogP contribution in [0.3, 0.4) is 0 Å². The highest BCUT2D eigenvalue weighted by atomic mass is 16.3. The van der Waals surface area contributed by atoms with E-state index in [0.717, 1.165) is 60.9 Å². The van der Waals surface area contributed by atoms with E-state index in [2.05, 4.69) is 235 Å². The van der Waals surface area contributed by atoms with Crippen LogP contribution >= 0.6 is 0 Å². The van der Waals surface area contributed by atoms with Crippen molar-refractivity contribution in [2.75, 3.05) is 0 Å². The number of nitrogens with zero attached hydrogens (tertiary/aromatic N) is 1. The quantitative estimate of drug-likeness (QED) is 0.157. The molecule has 0 bridgehead atoms. The smallest absolute Gasteiger partial charge is 0.143 e. The molecular weight excluding hydrogens is 751 g/mol. The summed E-state index contributed by atoms with van der Waals surface area (Å²) in [6.07, 6.45) is 0. The summed E-state index contributed by atoms with van der Waals surface area (Å²) < 4.78 is 9.27. The zero-order valence-electron chi connectivity index (χ0n) is 33.9. The van der Waals surface area contributed by atoms with Crippen LogP contribution in [0, 0.1) is 0 Å². The van der Waals surface area contributed by atoms with Crippen molar-refractivity contribution in [3.63, 3.8) is 0 Å². The molecule has 0 saturated carbocycles. The van der Waals surface area contributed by atoms with E-state index < -0.39 is 0 Å². The summed E-state index contributed by atoms with van der Waals surface area (Å²) in [7, 11) is 0. The number of furan rings is 1. The topological polar surface area (TPSA) is 18.1 Å². The minimum absolute atomic E-state index is 0.886. The summed E-state index contributed by atoms with van der Waals surface area (Å²) in [5.74, 6) is 0. The Hall–Kier alpha value is -8.20. The molecule has 0 fully saturated rings. The van der Waals surface area contributed by atoms with E-state index >= 15 is 0 Å². The Balaban J connectivity index is 1.17. The van der Waals surface area contributed by atoms with Gasteiger partial charge in [0.05, 0.1) is 16.7 Å². The monoisotopic (exact) mass is 789 g/mol. The van der Waals surface area contributed by atoms with Gasteiger partial charge in [-0.25, -0.2) is 0 Å². The Bertz CT molecular complexity index is 3470. The highest BCUT2D eigenvalue weighted by Crippen LogP contribution is 2.46. The van der Waals surface area contributed by atoms with Crippen molar-refractivity contribution in [2.24, 2.45) is 0 Å². The van der Waals surface area contributed by atoms with E-state index in [1.165, 1.54) is 55.3 Å². The summed E-state index contributed by atoms with van der Waals surface area (Å²) in [6, 6.07) is 85.4. The van der Waals surface area contributed by atoms with Crippen LogP contribution in [0.2, 0.25) is 0 Å². The number of benzene rings is 10. The third kappa shape index (κ3) is 5.88. The summed E-state index contributed by atoms with van der Waals surface area (Å²) in [6.45, 7) is 0. The number of hydrogen-bond donors (Lipinski definition) is 0. The lowest BCUT2D eigenvalue weighted by molar-refractivity contribution is 0.670. The van der Waals surface area contributed by atoms with Crippen LogP contribution in [0.4, 0.5) is 0 Å². The molecule has 2 nitrogen and oxygen atoms in total. The predicted molar refractivity (Wildman–Crippen MR) is 261 cm³/mol. The summed E-state index contributed by atoms with van der Waals surface area (Å²) >= 11 is 0. The van der Waals surface area contributed by atoms with E-state index in [0.29, 0.717) is 0 Å². The summed E-state index contributed by atoms with van der Waals surface area (Å²) in [5.41, 5.74) is 19.2. The first-order valence-electron chi connectivity index (χ1n) is 21.3. The van der Waals surface area contributed by atoms with Gasteiger partial charge in [0.25, 0.3) is 0 Å². The molecule has 0 spiro atoms. The van der Waals surface area contributed by atoms with Crippen molar-refractivity contribution in [3.05, 3.63) is 237 Å². The maximum absolute atomic E-state index is 6.79. The number of aromatic nitrogens is 1. The van der Waals surface area contributed by atoms with Crippen LogP contribution < -0.4 is 0 Å². The largest absolute Gasteiger partial charge is 0.455 e. The van der Waals surface area contributed by atoms with Crippen LogP contribution in [0.1, 0.15) is 0 Å². The first-order chi connectivity index (χ1) is 30.8. The van der Waals surface area contributed by atoms with Crippen LogP contribution in [-0.4, -0.2) is 4.57 Å². The maximum Gasteiger partial charge on any atom is 0.143 e. The normalized spacial score (nSPS) is 11.5. The zero-order valence-corrected chi connectivity index (χ0v) is 33.9. The SMILES string of the molecule is c1ccc(-c2ccccc2-c2ccc3c(c2)c2cc(-c4ccccc4-c4ccccc4)ccc2n3-c2cccc(-c3ccccc3)c2-c2cccc3c2oc2ccccc23)cc1. The van der Waals surface area contributed by atoms with Crippen LogP contribution in [0.5, 0.6) is 0 Å². The summed E-state index contributed by atoms with van der Waals surface area (Å²) in [5, 5.41) is 4.61. The van der Waals surface area contributed by atoms with E-state index in [4.69, 9.17) is 4.42 Å². The number of fused-ring (bicyclic) bond motifs is 6. The molecule has 0 unspecified atom stereocenters. The molecule has 62 heavy (non-hydrogen) atoms. The fourth-order valence-corrected chi connectivity index (χ4v) is 9.64. The van der Waals surface area contributed by atoms with Crippen LogP contribution in [0.15, 0.2) is 241 Å². The van der Waals surface area contributed by atoms with Gasteiger partial charge in [0, 0.05) is 32.7 Å². The minimum atomic E-state index is 0.886. The average Bonchev–Trinajstić information content (AvgIpc) is 3.90. The van der Waals surface area contributed by atoms with Gasteiger partial charge in [0.1, 0.15) is 11.2 Å².